The van der Waals surface area contributed by atoms with Gasteiger partial charge in [0.05, 0.1) is 18.4 Å². The highest BCUT2D eigenvalue weighted by molar-refractivity contribution is 7.71. The van der Waals surface area contributed by atoms with Crippen molar-refractivity contribution in [2.45, 2.75) is 12.7 Å². The van der Waals surface area contributed by atoms with Crippen LogP contribution in [0.1, 0.15) is 17.3 Å². The fourth-order valence-electron chi connectivity index (χ4n) is 3.21. The normalized spacial score (nSPS) is 12.2. The molecule has 6 heteroatoms. The molecule has 0 amide bonds. The van der Waals surface area contributed by atoms with Crippen LogP contribution in [0.2, 0.25) is 0 Å². The van der Waals surface area contributed by atoms with E-state index in [0.717, 1.165) is 16.8 Å². The number of rotatable bonds is 6. The van der Waals surface area contributed by atoms with Crippen LogP contribution in [0.15, 0.2) is 89.5 Å². The largest absolute Gasteiger partial charge is 0.409 e. The summed E-state index contributed by atoms with van der Waals surface area (Å²) in [6.45, 7) is 0.477. The van der Waals surface area contributed by atoms with Crippen LogP contribution in [0.25, 0.3) is 11.5 Å². The maximum Gasteiger partial charge on any atom is 0.288 e. The average Bonchev–Trinajstić information content (AvgIpc) is 3.11. The molecule has 0 unspecified atom stereocenters. The molecule has 140 valence electrons. The third-order valence-corrected chi connectivity index (χ3v) is 4.80. The Labute approximate surface area is 168 Å². The van der Waals surface area contributed by atoms with E-state index in [4.69, 9.17) is 16.6 Å². The number of hydrogen-bond acceptors (Lipinski definition) is 5. The van der Waals surface area contributed by atoms with Crippen molar-refractivity contribution in [1.29, 1.82) is 0 Å². The zero-order valence-electron chi connectivity index (χ0n) is 15.5. The molecule has 0 bridgehead atoms. The minimum Gasteiger partial charge on any atom is -0.409 e. The van der Waals surface area contributed by atoms with Crippen molar-refractivity contribution >= 4 is 12.2 Å². The first kappa shape index (κ1) is 18.3. The lowest BCUT2D eigenvalue weighted by molar-refractivity contribution is 0.202. The van der Waals surface area contributed by atoms with Gasteiger partial charge in [-0.15, -0.1) is 5.10 Å². The van der Waals surface area contributed by atoms with Crippen molar-refractivity contribution in [3.05, 3.63) is 101 Å². The van der Waals surface area contributed by atoms with E-state index in [1.54, 1.807) is 4.68 Å². The fourth-order valence-corrected chi connectivity index (χ4v) is 3.39. The molecule has 2 heterocycles. The van der Waals surface area contributed by atoms with Gasteiger partial charge in [-0.05, 0) is 49.1 Å². The monoisotopic (exact) mass is 388 g/mol. The molecular formula is C22H20N4OS. The zero-order valence-corrected chi connectivity index (χ0v) is 16.3. The summed E-state index contributed by atoms with van der Waals surface area (Å²) in [5.74, 6) is 0.521. The van der Waals surface area contributed by atoms with Crippen molar-refractivity contribution in [3.63, 3.8) is 0 Å². The maximum absolute atomic E-state index is 5.72. The molecule has 2 aromatic heterocycles. The van der Waals surface area contributed by atoms with Gasteiger partial charge >= 0.3 is 0 Å². The van der Waals surface area contributed by atoms with Crippen LogP contribution >= 0.6 is 12.2 Å². The van der Waals surface area contributed by atoms with Crippen molar-refractivity contribution in [3.8, 4) is 11.5 Å². The zero-order chi connectivity index (χ0) is 19.3. The summed E-state index contributed by atoms with van der Waals surface area (Å²) < 4.78 is 7.42. The summed E-state index contributed by atoms with van der Waals surface area (Å²) in [6.07, 6.45) is 1.81. The van der Waals surface area contributed by atoms with Gasteiger partial charge < -0.3 is 4.42 Å². The Hall–Kier alpha value is -3.09. The minimum atomic E-state index is -0.0267. The van der Waals surface area contributed by atoms with Gasteiger partial charge in [-0.1, -0.05) is 54.6 Å². The molecule has 0 radical (unpaired) electrons. The number of hydrogen-bond donors (Lipinski definition) is 0. The smallest absolute Gasteiger partial charge is 0.288 e. The van der Waals surface area contributed by atoms with E-state index in [0.29, 0.717) is 17.4 Å². The van der Waals surface area contributed by atoms with E-state index in [9.17, 15) is 0 Å². The van der Waals surface area contributed by atoms with Gasteiger partial charge in [-0.3, -0.25) is 9.88 Å². The van der Waals surface area contributed by atoms with Crippen molar-refractivity contribution in [2.75, 3.05) is 7.05 Å². The lowest BCUT2D eigenvalue weighted by atomic mass is 10.0. The van der Waals surface area contributed by atoms with Gasteiger partial charge in [0, 0.05) is 11.8 Å². The predicted molar refractivity (Wildman–Crippen MR) is 111 cm³/mol. The molecule has 4 aromatic rings. The van der Waals surface area contributed by atoms with Crippen LogP contribution in [-0.4, -0.2) is 26.7 Å². The molecule has 0 fully saturated rings. The summed E-state index contributed by atoms with van der Waals surface area (Å²) >= 11 is 5.40. The number of pyridine rings is 1. The van der Waals surface area contributed by atoms with Crippen LogP contribution in [0.5, 0.6) is 0 Å². The van der Waals surface area contributed by atoms with E-state index in [-0.39, 0.29) is 6.04 Å². The number of nitrogens with zero attached hydrogens (tertiary/aromatic N) is 4. The Balaban J connectivity index is 1.65. The lowest BCUT2D eigenvalue weighted by Crippen LogP contribution is -2.29. The van der Waals surface area contributed by atoms with Gasteiger partial charge in [-0.25, -0.2) is 4.68 Å². The van der Waals surface area contributed by atoms with Gasteiger partial charge in [0.1, 0.15) is 0 Å². The fraction of sp³-hybridized carbons (Fsp3) is 0.136. The van der Waals surface area contributed by atoms with Crippen LogP contribution < -0.4 is 0 Å². The van der Waals surface area contributed by atoms with Crippen molar-refractivity contribution in [1.82, 2.24) is 19.7 Å². The van der Waals surface area contributed by atoms with E-state index in [1.807, 2.05) is 80.0 Å². The summed E-state index contributed by atoms with van der Waals surface area (Å²) in [7, 11) is 2.03. The molecule has 28 heavy (non-hydrogen) atoms. The third kappa shape index (κ3) is 3.93. The number of aromatic nitrogens is 3. The Morgan fingerprint density at radius 1 is 0.964 bits per heavy atom. The quantitative estimate of drug-likeness (QED) is 0.438. The SMILES string of the molecule is CN(Cn1nc(-c2ccccc2)oc1=S)[C@H](c1ccccc1)c1ccccn1. The molecule has 0 aliphatic rings. The Morgan fingerprint density at radius 3 is 2.32 bits per heavy atom. The third-order valence-electron chi connectivity index (χ3n) is 4.51. The van der Waals surface area contributed by atoms with Crippen LogP contribution in [0.3, 0.4) is 0 Å². The van der Waals surface area contributed by atoms with Crippen molar-refractivity contribution < 1.29 is 4.42 Å². The predicted octanol–water partition coefficient (Wildman–Crippen LogP) is 4.95. The average molecular weight is 388 g/mol. The molecule has 1 atom stereocenters. The van der Waals surface area contributed by atoms with E-state index < -0.39 is 0 Å². The molecule has 0 spiro atoms. The molecule has 2 aromatic carbocycles. The number of benzene rings is 2. The molecule has 0 saturated carbocycles. The van der Waals surface area contributed by atoms with Crippen LogP contribution in [0.4, 0.5) is 0 Å². The molecule has 5 nitrogen and oxygen atoms in total. The van der Waals surface area contributed by atoms with E-state index in [1.165, 1.54) is 0 Å². The van der Waals surface area contributed by atoms with Gasteiger partial charge in [0.2, 0.25) is 5.89 Å². The second-order valence-corrected chi connectivity index (χ2v) is 6.85. The first-order chi connectivity index (χ1) is 13.7. The highest BCUT2D eigenvalue weighted by Crippen LogP contribution is 2.27. The second kappa shape index (κ2) is 8.29. The van der Waals surface area contributed by atoms with Gasteiger partial charge in [0.25, 0.3) is 4.84 Å². The summed E-state index contributed by atoms with van der Waals surface area (Å²) in [6, 6.07) is 26.0. The minimum absolute atomic E-state index is 0.0267. The first-order valence-corrected chi connectivity index (χ1v) is 9.42. The van der Waals surface area contributed by atoms with Gasteiger partial charge in [-0.2, -0.15) is 0 Å². The van der Waals surface area contributed by atoms with Crippen LogP contribution in [0, 0.1) is 4.84 Å². The van der Waals surface area contributed by atoms with Crippen LogP contribution in [-0.2, 0) is 6.67 Å². The molecule has 4 rings (SSSR count). The van der Waals surface area contributed by atoms with E-state index in [2.05, 4.69) is 27.1 Å². The lowest BCUT2D eigenvalue weighted by Gasteiger charge is -2.27. The maximum atomic E-state index is 5.72. The molecule has 0 N–H and O–H groups in total. The second-order valence-electron chi connectivity index (χ2n) is 6.50. The first-order valence-electron chi connectivity index (χ1n) is 9.02. The standard InChI is InChI=1S/C22H20N4OS/c1-25(16-26-22(28)27-21(24-26)18-12-6-3-7-13-18)20(17-10-4-2-5-11-17)19-14-8-9-15-23-19/h2-15,20H,16H2,1H3/t20-/m1/s1. The van der Waals surface area contributed by atoms with Crippen molar-refractivity contribution in [2.24, 2.45) is 0 Å². The Bertz CT molecular complexity index is 1040. The molecule has 0 saturated heterocycles. The van der Waals surface area contributed by atoms with Gasteiger partial charge in [0.15, 0.2) is 0 Å². The molecular weight excluding hydrogens is 368 g/mol. The highest BCUT2D eigenvalue weighted by atomic mass is 32.1. The topological polar surface area (TPSA) is 47.1 Å². The summed E-state index contributed by atoms with van der Waals surface area (Å²) in [5.41, 5.74) is 3.02. The summed E-state index contributed by atoms with van der Waals surface area (Å²) in [4.78, 5) is 7.08. The van der Waals surface area contributed by atoms with E-state index >= 15 is 0 Å². The Kier molecular flexibility index (Phi) is 5.41. The molecule has 0 aliphatic heterocycles. The Morgan fingerprint density at radius 2 is 1.64 bits per heavy atom. The highest BCUT2D eigenvalue weighted by Gasteiger charge is 2.21. The molecule has 0 aliphatic carbocycles. The summed E-state index contributed by atoms with van der Waals surface area (Å²) in [5, 5.41) is 4.57.